The highest BCUT2D eigenvalue weighted by atomic mass is 32.2. The summed E-state index contributed by atoms with van der Waals surface area (Å²) in [5.41, 5.74) is 4.01. The van der Waals surface area contributed by atoms with Crippen LogP contribution in [0.1, 0.15) is 17.5 Å². The Morgan fingerprint density at radius 1 is 1.18 bits per heavy atom. The Kier molecular flexibility index (Phi) is 4.43. The monoisotopic (exact) mass is 323 g/mol. The van der Waals surface area contributed by atoms with Crippen molar-refractivity contribution in [3.63, 3.8) is 0 Å². The van der Waals surface area contributed by atoms with Crippen LogP contribution in [-0.4, -0.2) is 58.8 Å². The number of likely N-dealkylation sites (N-methyl/N-ethyl adjacent to an activating group) is 1. The zero-order chi connectivity index (χ0) is 15.7. The SMILES string of the molecule is CN1CCN(c2cccc3c2C[C@H](NS(C)(=O)=O)CC3)CC1. The molecule has 0 radical (unpaired) electrons. The van der Waals surface area contributed by atoms with Crippen molar-refractivity contribution in [1.29, 1.82) is 0 Å². The Morgan fingerprint density at radius 3 is 2.59 bits per heavy atom. The summed E-state index contributed by atoms with van der Waals surface area (Å²) in [4.78, 5) is 4.79. The molecule has 1 N–H and O–H groups in total. The van der Waals surface area contributed by atoms with Crippen LogP contribution in [0.4, 0.5) is 5.69 Å². The molecule has 0 saturated carbocycles. The summed E-state index contributed by atoms with van der Waals surface area (Å²) < 4.78 is 25.8. The van der Waals surface area contributed by atoms with E-state index in [1.54, 1.807) is 0 Å². The average molecular weight is 323 g/mol. The molecule has 0 unspecified atom stereocenters. The number of nitrogens with zero attached hydrogens (tertiary/aromatic N) is 2. The number of rotatable bonds is 3. The third kappa shape index (κ3) is 3.62. The molecule has 6 heteroatoms. The number of nitrogens with one attached hydrogen (secondary N) is 1. The van der Waals surface area contributed by atoms with Crippen molar-refractivity contribution in [2.75, 3.05) is 44.4 Å². The van der Waals surface area contributed by atoms with Crippen LogP contribution in [0.15, 0.2) is 18.2 Å². The van der Waals surface area contributed by atoms with Gasteiger partial charge in [-0.25, -0.2) is 13.1 Å². The summed E-state index contributed by atoms with van der Waals surface area (Å²) in [7, 11) is -0.985. The molecule has 1 saturated heterocycles. The molecule has 1 heterocycles. The molecule has 1 atom stereocenters. The molecule has 1 aromatic rings. The van der Waals surface area contributed by atoms with E-state index in [1.807, 2.05) is 0 Å². The van der Waals surface area contributed by atoms with E-state index in [9.17, 15) is 8.42 Å². The van der Waals surface area contributed by atoms with Crippen LogP contribution >= 0.6 is 0 Å². The van der Waals surface area contributed by atoms with Gasteiger partial charge in [0.2, 0.25) is 10.0 Å². The van der Waals surface area contributed by atoms with E-state index < -0.39 is 10.0 Å². The average Bonchev–Trinajstić information content (AvgIpc) is 2.46. The molecule has 0 aromatic heterocycles. The summed E-state index contributed by atoms with van der Waals surface area (Å²) in [6.45, 7) is 4.23. The number of hydrogen-bond donors (Lipinski definition) is 1. The lowest BCUT2D eigenvalue weighted by atomic mass is 9.87. The van der Waals surface area contributed by atoms with E-state index in [0.717, 1.165) is 45.4 Å². The number of fused-ring (bicyclic) bond motifs is 1. The number of piperazine rings is 1. The van der Waals surface area contributed by atoms with Crippen LogP contribution in [0.5, 0.6) is 0 Å². The lowest BCUT2D eigenvalue weighted by molar-refractivity contribution is 0.312. The van der Waals surface area contributed by atoms with Gasteiger partial charge < -0.3 is 9.80 Å². The standard InChI is InChI=1S/C16H25N3O2S/c1-18-8-10-19(11-9-18)16-5-3-4-13-6-7-14(12-15(13)16)17-22(2,20)21/h3-5,14,17H,6-12H2,1-2H3/t14-/m1/s1. The maximum Gasteiger partial charge on any atom is 0.208 e. The van der Waals surface area contributed by atoms with Crippen LogP contribution in [0.2, 0.25) is 0 Å². The Morgan fingerprint density at radius 2 is 1.91 bits per heavy atom. The maximum absolute atomic E-state index is 11.5. The summed E-state index contributed by atoms with van der Waals surface area (Å²) >= 11 is 0. The predicted octanol–water partition coefficient (Wildman–Crippen LogP) is 0.845. The van der Waals surface area contributed by atoms with E-state index in [4.69, 9.17) is 0 Å². The van der Waals surface area contributed by atoms with Crippen molar-refractivity contribution < 1.29 is 8.42 Å². The topological polar surface area (TPSA) is 52.6 Å². The van der Waals surface area contributed by atoms with Crippen LogP contribution in [0, 0.1) is 0 Å². The minimum atomic E-state index is -3.14. The smallest absolute Gasteiger partial charge is 0.208 e. The normalized spacial score (nSPS) is 23.4. The third-order valence-electron chi connectivity index (χ3n) is 4.69. The largest absolute Gasteiger partial charge is 0.369 e. The highest BCUT2D eigenvalue weighted by Crippen LogP contribution is 2.31. The van der Waals surface area contributed by atoms with Gasteiger partial charge in [-0.3, -0.25) is 0 Å². The first-order valence-electron chi connectivity index (χ1n) is 7.94. The summed E-state index contributed by atoms with van der Waals surface area (Å²) in [6, 6.07) is 6.53. The molecular weight excluding hydrogens is 298 g/mol. The molecule has 1 aliphatic heterocycles. The fourth-order valence-electron chi connectivity index (χ4n) is 3.52. The fraction of sp³-hybridized carbons (Fsp3) is 0.625. The van der Waals surface area contributed by atoms with Crippen molar-refractivity contribution in [3.05, 3.63) is 29.3 Å². The van der Waals surface area contributed by atoms with Crippen LogP contribution in [-0.2, 0) is 22.9 Å². The molecule has 1 fully saturated rings. The van der Waals surface area contributed by atoms with Crippen molar-refractivity contribution in [2.24, 2.45) is 0 Å². The predicted molar refractivity (Wildman–Crippen MR) is 89.9 cm³/mol. The minimum Gasteiger partial charge on any atom is -0.369 e. The van der Waals surface area contributed by atoms with E-state index in [-0.39, 0.29) is 6.04 Å². The highest BCUT2D eigenvalue weighted by Gasteiger charge is 2.25. The zero-order valence-corrected chi connectivity index (χ0v) is 14.2. The van der Waals surface area contributed by atoms with Crippen LogP contribution < -0.4 is 9.62 Å². The van der Waals surface area contributed by atoms with Gasteiger partial charge in [-0.1, -0.05) is 12.1 Å². The molecule has 0 bridgehead atoms. The van der Waals surface area contributed by atoms with Crippen LogP contribution in [0.25, 0.3) is 0 Å². The first-order valence-corrected chi connectivity index (χ1v) is 9.83. The zero-order valence-electron chi connectivity index (χ0n) is 13.4. The number of sulfonamides is 1. The van der Waals surface area contributed by atoms with E-state index in [1.165, 1.54) is 23.1 Å². The van der Waals surface area contributed by atoms with Crippen molar-refractivity contribution in [1.82, 2.24) is 9.62 Å². The summed E-state index contributed by atoms with van der Waals surface area (Å²) in [5, 5.41) is 0. The number of benzene rings is 1. The lowest BCUT2D eigenvalue weighted by Crippen LogP contribution is -2.45. The van der Waals surface area contributed by atoms with Gasteiger partial charge in [0.05, 0.1) is 6.26 Å². The van der Waals surface area contributed by atoms with Gasteiger partial charge in [-0.05, 0) is 43.5 Å². The molecule has 0 amide bonds. The first-order chi connectivity index (χ1) is 10.4. The van der Waals surface area contributed by atoms with Gasteiger partial charge in [0.15, 0.2) is 0 Å². The molecule has 2 aliphatic rings. The number of aryl methyl sites for hydroxylation is 1. The molecule has 22 heavy (non-hydrogen) atoms. The Balaban J connectivity index is 1.82. The second-order valence-corrected chi connectivity index (χ2v) is 8.31. The second kappa shape index (κ2) is 6.18. The van der Waals surface area contributed by atoms with Crippen molar-refractivity contribution >= 4 is 15.7 Å². The summed E-state index contributed by atoms with van der Waals surface area (Å²) in [5.74, 6) is 0. The Labute approximate surface area is 133 Å². The summed E-state index contributed by atoms with van der Waals surface area (Å²) in [6.07, 6.45) is 3.87. The molecule has 3 rings (SSSR count). The number of hydrogen-bond acceptors (Lipinski definition) is 4. The molecule has 1 aliphatic carbocycles. The minimum absolute atomic E-state index is 0.0242. The van der Waals surface area contributed by atoms with E-state index >= 15 is 0 Å². The number of anilines is 1. The molecule has 122 valence electrons. The van der Waals surface area contributed by atoms with E-state index in [2.05, 4.69) is 39.8 Å². The van der Waals surface area contributed by atoms with Crippen molar-refractivity contribution in [2.45, 2.75) is 25.3 Å². The lowest BCUT2D eigenvalue weighted by Gasteiger charge is -2.37. The second-order valence-electron chi connectivity index (χ2n) is 6.53. The maximum atomic E-state index is 11.5. The molecule has 5 nitrogen and oxygen atoms in total. The van der Waals surface area contributed by atoms with Gasteiger partial charge in [-0.2, -0.15) is 0 Å². The fourth-order valence-corrected chi connectivity index (χ4v) is 4.32. The van der Waals surface area contributed by atoms with Crippen LogP contribution in [0.3, 0.4) is 0 Å². The quantitative estimate of drug-likeness (QED) is 0.896. The molecule has 1 aromatic carbocycles. The van der Waals surface area contributed by atoms with Gasteiger partial charge in [0.1, 0.15) is 0 Å². The van der Waals surface area contributed by atoms with Gasteiger partial charge in [-0.15, -0.1) is 0 Å². The van der Waals surface area contributed by atoms with Gasteiger partial charge in [0, 0.05) is 37.9 Å². The van der Waals surface area contributed by atoms with Gasteiger partial charge >= 0.3 is 0 Å². The van der Waals surface area contributed by atoms with Gasteiger partial charge in [0.25, 0.3) is 0 Å². The Hall–Kier alpha value is -1.11. The molecule has 0 spiro atoms. The highest BCUT2D eigenvalue weighted by molar-refractivity contribution is 7.88. The Bertz CT molecular complexity index is 637. The first kappa shape index (κ1) is 15.8. The van der Waals surface area contributed by atoms with E-state index in [0.29, 0.717) is 0 Å². The molecular formula is C16H25N3O2S. The van der Waals surface area contributed by atoms with Crippen molar-refractivity contribution in [3.8, 4) is 0 Å². The third-order valence-corrected chi connectivity index (χ3v) is 5.45.